The lowest BCUT2D eigenvalue weighted by Gasteiger charge is -2.25. The average Bonchev–Trinajstić information content (AvgIpc) is 2.69. The van der Waals surface area contributed by atoms with Gasteiger partial charge < -0.3 is 15.6 Å². The second kappa shape index (κ2) is 15.8. The fourth-order valence-electron chi connectivity index (χ4n) is 1.99. The third-order valence-electron chi connectivity index (χ3n) is 3.16. The molecule has 31 heavy (non-hydrogen) atoms. The van der Waals surface area contributed by atoms with Crippen LogP contribution in [0.2, 0.25) is 0 Å². The first-order chi connectivity index (χ1) is 14.3. The minimum atomic E-state index is -1.06. The Morgan fingerprint density at radius 3 is 2.32 bits per heavy atom. The van der Waals surface area contributed by atoms with Crippen LogP contribution in [0.25, 0.3) is 0 Å². The molecule has 0 aliphatic carbocycles. The van der Waals surface area contributed by atoms with Gasteiger partial charge in [-0.05, 0) is 62.9 Å². The fraction of sp³-hybridized carbons (Fsp3) is 0.650. The van der Waals surface area contributed by atoms with Crippen LogP contribution in [0.5, 0.6) is 0 Å². The molecule has 1 rings (SSSR count). The van der Waals surface area contributed by atoms with E-state index < -0.39 is 23.1 Å². The summed E-state index contributed by atoms with van der Waals surface area (Å²) in [4.78, 5) is 21.0. The van der Waals surface area contributed by atoms with E-state index in [9.17, 15) is 9.18 Å². The number of hydrogen-bond donors (Lipinski definition) is 4. The van der Waals surface area contributed by atoms with Crippen LogP contribution in [0, 0.1) is 5.82 Å². The van der Waals surface area contributed by atoms with Gasteiger partial charge in [-0.15, -0.1) is 11.8 Å². The van der Waals surface area contributed by atoms with Gasteiger partial charge in [0.25, 0.3) is 0 Å². The monoisotopic (exact) mass is 542 g/mol. The zero-order chi connectivity index (χ0) is 24.8. The van der Waals surface area contributed by atoms with Crippen LogP contribution in [0.3, 0.4) is 0 Å². The van der Waals surface area contributed by atoms with Crippen LogP contribution in [0.4, 0.5) is 9.18 Å². The number of aliphatic hydroxyl groups excluding tert-OH is 1. The van der Waals surface area contributed by atoms with Gasteiger partial charge >= 0.3 is 6.09 Å². The van der Waals surface area contributed by atoms with Crippen molar-refractivity contribution in [3.8, 4) is 0 Å². The fourth-order valence-corrected chi connectivity index (χ4v) is 3.28. The van der Waals surface area contributed by atoms with Crippen molar-refractivity contribution in [1.29, 1.82) is 0 Å². The van der Waals surface area contributed by atoms with Gasteiger partial charge in [0.1, 0.15) is 27.3 Å². The van der Waals surface area contributed by atoms with Gasteiger partial charge in [-0.2, -0.15) is 12.6 Å². The van der Waals surface area contributed by atoms with E-state index in [0.29, 0.717) is 16.0 Å². The Bertz CT molecular complexity index is 716. The van der Waals surface area contributed by atoms with E-state index in [-0.39, 0.29) is 23.9 Å². The molecule has 7 nitrogen and oxygen atoms in total. The SMILES string of the molecule is CC.CSc1cc(Br)nc([C@](C)(CS)N=C(C)NC(=O)OC(C)(C)C)c1F.NCCO. The van der Waals surface area contributed by atoms with Crippen molar-refractivity contribution in [2.75, 3.05) is 25.2 Å². The predicted octanol–water partition coefficient (Wildman–Crippen LogP) is 4.76. The molecule has 0 aliphatic heterocycles. The number of thiol groups is 1. The van der Waals surface area contributed by atoms with E-state index in [1.54, 1.807) is 46.9 Å². The van der Waals surface area contributed by atoms with Crippen molar-refractivity contribution >= 4 is 52.2 Å². The first-order valence-electron chi connectivity index (χ1n) is 9.72. The molecule has 180 valence electrons. The minimum absolute atomic E-state index is 0.0972. The van der Waals surface area contributed by atoms with Crippen molar-refractivity contribution in [1.82, 2.24) is 10.3 Å². The lowest BCUT2D eigenvalue weighted by molar-refractivity contribution is 0.0562. The third-order valence-corrected chi connectivity index (χ3v) is 4.92. The van der Waals surface area contributed by atoms with E-state index in [0.717, 1.165) is 0 Å². The number of hydrogen-bond acceptors (Lipinski definition) is 8. The highest BCUT2D eigenvalue weighted by Crippen LogP contribution is 2.33. The third kappa shape index (κ3) is 12.7. The molecule has 1 heterocycles. The number of aliphatic hydroxyl groups is 1. The van der Waals surface area contributed by atoms with E-state index in [2.05, 4.69) is 43.9 Å². The van der Waals surface area contributed by atoms with E-state index >= 15 is 0 Å². The number of amidine groups is 1. The van der Waals surface area contributed by atoms with Crippen molar-refractivity contribution in [2.24, 2.45) is 10.7 Å². The minimum Gasteiger partial charge on any atom is -0.444 e. The molecule has 0 bridgehead atoms. The number of nitrogens with one attached hydrogen (secondary N) is 1. The summed E-state index contributed by atoms with van der Waals surface area (Å²) in [6, 6.07) is 1.61. The summed E-state index contributed by atoms with van der Waals surface area (Å²) in [5.74, 6) is 0.0490. The number of alkyl carbamates (subject to hydrolysis) is 1. The number of aliphatic imine (C=N–C) groups is 1. The van der Waals surface area contributed by atoms with Crippen LogP contribution < -0.4 is 11.1 Å². The van der Waals surface area contributed by atoms with Crippen LogP contribution in [0.1, 0.15) is 54.2 Å². The molecule has 0 radical (unpaired) electrons. The zero-order valence-electron chi connectivity index (χ0n) is 19.5. The quantitative estimate of drug-likeness (QED) is 0.140. The molecule has 1 aromatic rings. The van der Waals surface area contributed by atoms with Gasteiger partial charge in [-0.1, -0.05) is 13.8 Å². The molecular weight excluding hydrogens is 507 g/mol. The number of halogens is 2. The summed E-state index contributed by atoms with van der Waals surface area (Å²) in [5, 5.41) is 10.3. The molecule has 1 amide bonds. The number of ether oxygens (including phenoxy) is 1. The molecule has 1 aromatic heterocycles. The number of nitrogens with zero attached hydrogens (tertiary/aromatic N) is 2. The Labute approximate surface area is 203 Å². The molecule has 0 unspecified atom stereocenters. The topological polar surface area (TPSA) is 110 Å². The number of carbonyl (C=O) groups is 1. The van der Waals surface area contributed by atoms with Gasteiger partial charge in [-0.3, -0.25) is 10.3 Å². The number of aromatic nitrogens is 1. The number of thioether (sulfide) groups is 1. The highest BCUT2D eigenvalue weighted by molar-refractivity contribution is 9.10. The highest BCUT2D eigenvalue weighted by Gasteiger charge is 2.32. The number of carbonyl (C=O) groups excluding carboxylic acids is 1. The van der Waals surface area contributed by atoms with Gasteiger partial charge in [0, 0.05) is 17.2 Å². The number of pyridine rings is 1. The lowest BCUT2D eigenvalue weighted by Crippen LogP contribution is -2.37. The Hall–Kier alpha value is -0.880. The maximum Gasteiger partial charge on any atom is 0.413 e. The molecule has 0 spiro atoms. The summed E-state index contributed by atoms with van der Waals surface area (Å²) in [6.45, 7) is 13.1. The molecule has 0 fully saturated rings. The van der Waals surface area contributed by atoms with E-state index in [1.165, 1.54) is 11.8 Å². The number of nitrogens with two attached hydrogens (primary N) is 1. The van der Waals surface area contributed by atoms with Crippen LogP contribution in [0.15, 0.2) is 20.6 Å². The molecule has 0 saturated carbocycles. The summed E-state index contributed by atoms with van der Waals surface area (Å²) < 4.78 is 20.5. The summed E-state index contributed by atoms with van der Waals surface area (Å²) in [6.07, 6.45) is 1.16. The maximum absolute atomic E-state index is 14.8. The Balaban J connectivity index is 0. The molecule has 0 aromatic carbocycles. The summed E-state index contributed by atoms with van der Waals surface area (Å²) in [7, 11) is 0. The van der Waals surface area contributed by atoms with Crippen molar-refractivity contribution in [2.45, 2.75) is 64.5 Å². The van der Waals surface area contributed by atoms with Gasteiger partial charge in [0.15, 0.2) is 5.82 Å². The van der Waals surface area contributed by atoms with Crippen LogP contribution >= 0.6 is 40.3 Å². The molecule has 4 N–H and O–H groups in total. The highest BCUT2D eigenvalue weighted by atomic mass is 79.9. The van der Waals surface area contributed by atoms with Crippen molar-refractivity contribution in [3.05, 3.63) is 22.2 Å². The van der Waals surface area contributed by atoms with Gasteiger partial charge in [0.2, 0.25) is 0 Å². The molecule has 1 atom stereocenters. The van der Waals surface area contributed by atoms with Gasteiger partial charge in [-0.25, -0.2) is 14.2 Å². The molecule has 11 heteroatoms. The summed E-state index contributed by atoms with van der Waals surface area (Å²) >= 11 is 8.88. The Morgan fingerprint density at radius 2 is 1.94 bits per heavy atom. The largest absolute Gasteiger partial charge is 0.444 e. The van der Waals surface area contributed by atoms with E-state index in [1.807, 2.05) is 13.8 Å². The Morgan fingerprint density at radius 1 is 1.42 bits per heavy atom. The van der Waals surface area contributed by atoms with Crippen molar-refractivity contribution < 1.29 is 19.0 Å². The lowest BCUT2D eigenvalue weighted by atomic mass is 10.00. The zero-order valence-corrected chi connectivity index (χ0v) is 22.8. The first kappa shape index (κ1) is 32.3. The van der Waals surface area contributed by atoms with E-state index in [4.69, 9.17) is 15.6 Å². The maximum atomic E-state index is 14.8. The number of amides is 1. The second-order valence-corrected chi connectivity index (χ2v) is 9.05. The molecule has 0 saturated heterocycles. The van der Waals surface area contributed by atoms with Gasteiger partial charge in [0.05, 0.1) is 6.61 Å². The normalized spacial score (nSPS) is 13.1. The standard InChI is InChI=1S/C16H23BrFN3O2S2.C2H7NO.C2H6/c1-9(19-14(22)23-15(2,3)4)21-16(5,8-24)13-12(18)10(25-6)7-11(17)20-13;3-1-2-4;1-2/h7,24H,8H2,1-6H3,(H,19,21,22);4H,1-3H2;1-2H3/t16-;;/m0../s1. The smallest absolute Gasteiger partial charge is 0.413 e. The first-order valence-corrected chi connectivity index (χ1v) is 12.4. The predicted molar refractivity (Wildman–Crippen MR) is 135 cm³/mol. The van der Waals surface area contributed by atoms with Crippen molar-refractivity contribution in [3.63, 3.8) is 0 Å². The van der Waals surface area contributed by atoms with Crippen LogP contribution in [-0.4, -0.2) is 52.8 Å². The molecule has 0 aliphatic rings. The Kier molecular flexibility index (Phi) is 16.5. The van der Waals surface area contributed by atoms with Crippen LogP contribution in [-0.2, 0) is 10.3 Å². The molecular formula is C20H36BrFN4O3S2. The number of rotatable bonds is 5. The second-order valence-electron chi connectivity index (χ2n) is 7.08. The average molecular weight is 544 g/mol. The summed E-state index contributed by atoms with van der Waals surface area (Å²) in [5.41, 5.74) is 3.26.